The molecule has 0 saturated carbocycles. The molecule has 1 aliphatic rings. The summed E-state index contributed by atoms with van der Waals surface area (Å²) in [4.78, 5) is 14.6. The second kappa shape index (κ2) is 6.77. The molecule has 0 aliphatic carbocycles. The summed E-state index contributed by atoms with van der Waals surface area (Å²) in [5.41, 5.74) is 2.72. The lowest BCUT2D eigenvalue weighted by Crippen LogP contribution is -2.41. The molecule has 3 nitrogen and oxygen atoms in total. The van der Waals surface area contributed by atoms with Crippen molar-refractivity contribution in [3.63, 3.8) is 0 Å². The van der Waals surface area contributed by atoms with E-state index in [0.29, 0.717) is 11.8 Å². The van der Waals surface area contributed by atoms with E-state index in [1.54, 1.807) is 0 Å². The van der Waals surface area contributed by atoms with E-state index in [4.69, 9.17) is 0 Å². The average Bonchev–Trinajstić information content (AvgIpc) is 2.93. The first kappa shape index (κ1) is 16.1. The summed E-state index contributed by atoms with van der Waals surface area (Å²) in [6.45, 7) is 6.05. The van der Waals surface area contributed by atoms with Gasteiger partial charge in [-0.3, -0.25) is 4.79 Å². The van der Waals surface area contributed by atoms with Crippen molar-refractivity contribution in [1.29, 1.82) is 0 Å². The van der Waals surface area contributed by atoms with Crippen LogP contribution in [0.15, 0.2) is 30.3 Å². The molecule has 1 aromatic carbocycles. The number of nitrogens with zero attached hydrogens (tertiary/aromatic N) is 2. The lowest BCUT2D eigenvalue weighted by molar-refractivity contribution is -0.136. The number of aromatic nitrogens is 1. The average molecular weight is 312 g/mol. The number of aryl methyl sites for hydroxylation is 1. The third-order valence-electron chi connectivity index (χ3n) is 5.55. The van der Waals surface area contributed by atoms with Gasteiger partial charge in [-0.2, -0.15) is 0 Å². The third-order valence-corrected chi connectivity index (χ3v) is 5.55. The first-order valence-electron chi connectivity index (χ1n) is 8.98. The molecule has 0 atom stereocenters. The number of hydrogen-bond donors (Lipinski definition) is 0. The first-order valence-corrected chi connectivity index (χ1v) is 8.98. The van der Waals surface area contributed by atoms with Crippen molar-refractivity contribution in [3.05, 3.63) is 36.0 Å². The molecule has 0 N–H and O–H groups in total. The Hall–Kier alpha value is -1.77. The fraction of sp³-hybridized carbons (Fsp3) is 0.550. The maximum atomic E-state index is 12.5. The maximum Gasteiger partial charge on any atom is 0.225 e. The number of benzene rings is 1. The van der Waals surface area contributed by atoms with Crippen LogP contribution in [0.2, 0.25) is 0 Å². The van der Waals surface area contributed by atoms with Crippen LogP contribution in [-0.4, -0.2) is 28.5 Å². The van der Waals surface area contributed by atoms with Gasteiger partial charge in [0.05, 0.1) is 0 Å². The van der Waals surface area contributed by atoms with Crippen molar-refractivity contribution in [2.45, 2.75) is 45.4 Å². The predicted octanol–water partition coefficient (Wildman–Crippen LogP) is 4.32. The van der Waals surface area contributed by atoms with Crippen molar-refractivity contribution in [1.82, 2.24) is 9.47 Å². The number of carbonyl (C=O) groups excluding carboxylic acids is 1. The standard InChI is InChI=1S/C20H28N2O/c1-4-15(5-2)20(23)22-12-10-16(11-13-22)19-14-17-8-6-7-9-18(17)21(19)3/h6-9,14-16H,4-5,10-13H2,1-3H3. The number of likely N-dealkylation sites (tertiary alicyclic amines) is 1. The van der Waals surface area contributed by atoms with Gasteiger partial charge in [0.15, 0.2) is 0 Å². The molecule has 1 aliphatic heterocycles. The molecule has 0 bridgehead atoms. The van der Waals surface area contributed by atoms with Gasteiger partial charge in [-0.05, 0) is 43.2 Å². The second-order valence-electron chi connectivity index (χ2n) is 6.80. The molecule has 1 amide bonds. The third kappa shape index (κ3) is 3.01. The highest BCUT2D eigenvalue weighted by Crippen LogP contribution is 2.32. The molecule has 1 aromatic heterocycles. The van der Waals surface area contributed by atoms with E-state index in [0.717, 1.165) is 38.8 Å². The summed E-state index contributed by atoms with van der Waals surface area (Å²) in [5, 5.41) is 1.32. The van der Waals surface area contributed by atoms with Crippen LogP contribution in [-0.2, 0) is 11.8 Å². The summed E-state index contributed by atoms with van der Waals surface area (Å²) >= 11 is 0. The molecular weight excluding hydrogens is 284 g/mol. The Balaban J connectivity index is 1.71. The van der Waals surface area contributed by atoms with Crippen LogP contribution < -0.4 is 0 Å². The van der Waals surface area contributed by atoms with E-state index in [-0.39, 0.29) is 5.92 Å². The fourth-order valence-electron chi connectivity index (χ4n) is 3.99. The SMILES string of the molecule is CCC(CC)C(=O)N1CCC(c2cc3ccccc3n2C)CC1. The monoisotopic (exact) mass is 312 g/mol. The van der Waals surface area contributed by atoms with E-state index in [2.05, 4.69) is 60.7 Å². The molecule has 0 spiro atoms. The highest BCUT2D eigenvalue weighted by molar-refractivity contribution is 5.81. The van der Waals surface area contributed by atoms with E-state index in [9.17, 15) is 4.79 Å². The number of amides is 1. The first-order chi connectivity index (χ1) is 11.2. The minimum atomic E-state index is 0.212. The summed E-state index contributed by atoms with van der Waals surface area (Å²) in [5.74, 6) is 1.15. The molecular formula is C20H28N2O. The van der Waals surface area contributed by atoms with Gasteiger partial charge in [0.1, 0.15) is 0 Å². The lowest BCUT2D eigenvalue weighted by atomic mass is 9.92. The van der Waals surface area contributed by atoms with Crippen molar-refractivity contribution < 1.29 is 4.79 Å². The van der Waals surface area contributed by atoms with Crippen molar-refractivity contribution in [2.24, 2.45) is 13.0 Å². The number of carbonyl (C=O) groups is 1. The number of rotatable bonds is 4. The molecule has 1 saturated heterocycles. The Kier molecular flexibility index (Phi) is 4.74. The predicted molar refractivity (Wildman–Crippen MR) is 95.5 cm³/mol. The van der Waals surface area contributed by atoms with Crippen molar-refractivity contribution in [3.8, 4) is 0 Å². The van der Waals surface area contributed by atoms with Crippen molar-refractivity contribution >= 4 is 16.8 Å². The minimum absolute atomic E-state index is 0.212. The molecule has 124 valence electrons. The summed E-state index contributed by atoms with van der Waals surface area (Å²) in [6, 6.07) is 10.9. The molecule has 23 heavy (non-hydrogen) atoms. The summed E-state index contributed by atoms with van der Waals surface area (Å²) in [6.07, 6.45) is 4.07. The summed E-state index contributed by atoms with van der Waals surface area (Å²) < 4.78 is 2.33. The topological polar surface area (TPSA) is 25.2 Å². The smallest absolute Gasteiger partial charge is 0.225 e. The molecule has 1 fully saturated rings. The van der Waals surface area contributed by atoms with Gasteiger partial charge >= 0.3 is 0 Å². The number of hydrogen-bond acceptors (Lipinski definition) is 1. The van der Waals surface area contributed by atoms with E-state index in [1.165, 1.54) is 16.6 Å². The Morgan fingerprint density at radius 1 is 1.17 bits per heavy atom. The Morgan fingerprint density at radius 2 is 1.83 bits per heavy atom. The number of para-hydroxylation sites is 1. The Morgan fingerprint density at radius 3 is 2.43 bits per heavy atom. The fourth-order valence-corrected chi connectivity index (χ4v) is 3.99. The molecule has 0 radical (unpaired) electrons. The second-order valence-corrected chi connectivity index (χ2v) is 6.80. The van der Waals surface area contributed by atoms with Crippen LogP contribution in [0, 0.1) is 5.92 Å². The molecule has 3 rings (SSSR count). The van der Waals surface area contributed by atoms with Gasteiger partial charge in [-0.1, -0.05) is 32.0 Å². The van der Waals surface area contributed by atoms with Gasteiger partial charge in [0.25, 0.3) is 0 Å². The highest BCUT2D eigenvalue weighted by Gasteiger charge is 2.28. The van der Waals surface area contributed by atoms with E-state index in [1.807, 2.05) is 0 Å². The van der Waals surface area contributed by atoms with E-state index >= 15 is 0 Å². The Labute approximate surface area is 139 Å². The van der Waals surface area contributed by atoms with Gasteiger partial charge < -0.3 is 9.47 Å². The van der Waals surface area contributed by atoms with Crippen LogP contribution in [0.3, 0.4) is 0 Å². The molecule has 3 heteroatoms. The zero-order valence-corrected chi connectivity index (χ0v) is 14.6. The number of fused-ring (bicyclic) bond motifs is 1. The zero-order chi connectivity index (χ0) is 16.4. The highest BCUT2D eigenvalue weighted by atomic mass is 16.2. The maximum absolute atomic E-state index is 12.5. The zero-order valence-electron chi connectivity index (χ0n) is 14.6. The molecule has 2 aromatic rings. The minimum Gasteiger partial charge on any atom is -0.347 e. The van der Waals surface area contributed by atoms with Crippen LogP contribution in [0.4, 0.5) is 0 Å². The Bertz CT molecular complexity index is 676. The molecule has 0 unspecified atom stereocenters. The normalized spacial score (nSPS) is 16.4. The van der Waals surface area contributed by atoms with Crippen LogP contribution in [0.1, 0.15) is 51.1 Å². The van der Waals surface area contributed by atoms with E-state index < -0.39 is 0 Å². The van der Waals surface area contributed by atoms with Gasteiger partial charge in [-0.15, -0.1) is 0 Å². The lowest BCUT2D eigenvalue weighted by Gasteiger charge is -2.34. The van der Waals surface area contributed by atoms with Crippen LogP contribution in [0.25, 0.3) is 10.9 Å². The summed E-state index contributed by atoms with van der Waals surface area (Å²) in [7, 11) is 2.17. The van der Waals surface area contributed by atoms with Crippen molar-refractivity contribution in [2.75, 3.05) is 13.1 Å². The van der Waals surface area contributed by atoms with Gasteiger partial charge in [-0.25, -0.2) is 0 Å². The quantitative estimate of drug-likeness (QED) is 0.825. The number of piperidine rings is 1. The largest absolute Gasteiger partial charge is 0.347 e. The van der Waals surface area contributed by atoms with Gasteiger partial charge in [0.2, 0.25) is 5.91 Å². The molecule has 2 heterocycles. The van der Waals surface area contributed by atoms with Crippen LogP contribution >= 0.6 is 0 Å². The van der Waals surface area contributed by atoms with Gasteiger partial charge in [0, 0.05) is 43.2 Å². The van der Waals surface area contributed by atoms with Crippen LogP contribution in [0.5, 0.6) is 0 Å².